The molecule has 7 rings (SSSR count). The molecule has 0 N–H and O–H groups in total. The van der Waals surface area contributed by atoms with Gasteiger partial charge < -0.3 is 9.80 Å². The molecule has 0 radical (unpaired) electrons. The highest BCUT2D eigenvalue weighted by Crippen LogP contribution is 2.50. The maximum absolute atomic E-state index is 4.74. The first-order chi connectivity index (χ1) is 18.9. The molecule has 4 aromatic rings. The van der Waals surface area contributed by atoms with Gasteiger partial charge in [0.25, 0.3) is 0 Å². The average molecular weight is 497 g/mol. The van der Waals surface area contributed by atoms with Crippen LogP contribution in [0.3, 0.4) is 0 Å². The van der Waals surface area contributed by atoms with Crippen LogP contribution in [-0.4, -0.2) is 31.6 Å². The summed E-state index contributed by atoms with van der Waals surface area (Å²) in [4.78, 5) is 14.1. The van der Waals surface area contributed by atoms with Crippen LogP contribution in [0.15, 0.2) is 113 Å². The Kier molecular flexibility index (Phi) is 6.01. The summed E-state index contributed by atoms with van der Waals surface area (Å²) < 4.78 is 0. The van der Waals surface area contributed by atoms with E-state index in [2.05, 4.69) is 130 Å². The van der Waals surface area contributed by atoms with Crippen molar-refractivity contribution in [1.29, 1.82) is 0 Å². The Morgan fingerprint density at radius 1 is 0.684 bits per heavy atom. The average Bonchev–Trinajstić information content (AvgIpc) is 3.33. The lowest BCUT2D eigenvalue weighted by atomic mass is 9.90. The van der Waals surface area contributed by atoms with Crippen LogP contribution in [0.2, 0.25) is 0 Å². The number of anilines is 5. The van der Waals surface area contributed by atoms with Gasteiger partial charge in [0.1, 0.15) is 0 Å². The van der Waals surface area contributed by atoms with Gasteiger partial charge in [-0.2, -0.15) is 0 Å². The van der Waals surface area contributed by atoms with Gasteiger partial charge in [0, 0.05) is 66.1 Å². The van der Waals surface area contributed by atoms with E-state index in [1.54, 1.807) is 0 Å². The molecule has 3 aliphatic heterocycles. The molecule has 4 nitrogen and oxygen atoms in total. The molecule has 4 heteroatoms. The normalized spacial score (nSPS) is 21.7. The monoisotopic (exact) mass is 496 g/mol. The first kappa shape index (κ1) is 23.0. The quantitative estimate of drug-likeness (QED) is 0.279. The van der Waals surface area contributed by atoms with E-state index in [0.29, 0.717) is 17.9 Å². The summed E-state index contributed by atoms with van der Waals surface area (Å²) in [5, 5.41) is 0. The molecular weight excluding hydrogens is 464 g/mol. The topological polar surface area (TPSA) is 31.2 Å². The predicted octanol–water partition coefficient (Wildman–Crippen LogP) is 8.18. The molecule has 3 unspecified atom stereocenters. The second kappa shape index (κ2) is 9.94. The zero-order valence-corrected chi connectivity index (χ0v) is 21.5. The Hall–Kier alpha value is -4.18. The van der Waals surface area contributed by atoms with E-state index in [4.69, 9.17) is 4.99 Å². The molecule has 0 saturated carbocycles. The molecule has 0 aliphatic carbocycles. The Morgan fingerprint density at radius 2 is 1.39 bits per heavy atom. The maximum atomic E-state index is 4.74. The van der Waals surface area contributed by atoms with E-state index in [9.17, 15) is 0 Å². The fourth-order valence-electron chi connectivity index (χ4n) is 6.41. The van der Waals surface area contributed by atoms with E-state index >= 15 is 0 Å². The van der Waals surface area contributed by atoms with Gasteiger partial charge in [-0.05, 0) is 90.7 Å². The van der Waals surface area contributed by atoms with Crippen molar-refractivity contribution in [2.24, 2.45) is 9.98 Å². The third kappa shape index (κ3) is 4.10. The van der Waals surface area contributed by atoms with Crippen molar-refractivity contribution < 1.29 is 0 Å². The summed E-state index contributed by atoms with van der Waals surface area (Å²) in [5.74, 6) is 0.976. The van der Waals surface area contributed by atoms with Gasteiger partial charge >= 0.3 is 0 Å². The molecule has 3 atom stereocenters. The van der Waals surface area contributed by atoms with Crippen molar-refractivity contribution in [2.75, 3.05) is 22.9 Å². The van der Waals surface area contributed by atoms with Gasteiger partial charge in [0.05, 0.1) is 0 Å². The van der Waals surface area contributed by atoms with Crippen LogP contribution < -0.4 is 9.80 Å². The summed E-state index contributed by atoms with van der Waals surface area (Å²) in [5.41, 5.74) is 8.92. The molecule has 0 fully saturated rings. The zero-order chi connectivity index (χ0) is 25.3. The van der Waals surface area contributed by atoms with Crippen molar-refractivity contribution >= 4 is 40.9 Å². The van der Waals surface area contributed by atoms with E-state index < -0.39 is 0 Å². The van der Waals surface area contributed by atoms with Gasteiger partial charge in [-0.3, -0.25) is 9.98 Å². The van der Waals surface area contributed by atoms with Crippen molar-refractivity contribution in [3.05, 3.63) is 114 Å². The highest BCUT2D eigenvalue weighted by molar-refractivity contribution is 5.82. The van der Waals surface area contributed by atoms with Gasteiger partial charge in [0.2, 0.25) is 0 Å². The third-order valence-electron chi connectivity index (χ3n) is 8.30. The summed E-state index contributed by atoms with van der Waals surface area (Å²) in [6.45, 7) is 1.79. The van der Waals surface area contributed by atoms with Crippen molar-refractivity contribution in [3.8, 4) is 0 Å². The largest absolute Gasteiger partial charge is 0.337 e. The fourth-order valence-corrected chi connectivity index (χ4v) is 6.41. The number of hydrogen-bond donors (Lipinski definition) is 0. The molecule has 188 valence electrons. The molecule has 3 heterocycles. The van der Waals surface area contributed by atoms with E-state index in [1.165, 1.54) is 28.2 Å². The second-order valence-electron chi connectivity index (χ2n) is 10.5. The molecule has 0 saturated heterocycles. The molecule has 4 aromatic carbocycles. The minimum atomic E-state index is 0.387. The lowest BCUT2D eigenvalue weighted by molar-refractivity contribution is 0.564. The van der Waals surface area contributed by atoms with Crippen LogP contribution in [0.5, 0.6) is 0 Å². The van der Waals surface area contributed by atoms with Crippen LogP contribution in [0, 0.1) is 0 Å². The maximum Gasteiger partial charge on any atom is 0.0478 e. The standard InChI is InChI=1S/C34H32N4/c1-3-7-27(8-4-1)37(28-9-5-2-6-10-28)30-15-16-33-31(23-30)32-24-36-22-19-34(32)38(33)29-13-11-25(12-14-29)26-17-20-35-21-18-26/h1-16,20,22-23,26,32,34H,17-19,21,24H2. The molecule has 0 bridgehead atoms. The fraction of sp³-hybridized carbons (Fsp3) is 0.235. The highest BCUT2D eigenvalue weighted by atomic mass is 15.2. The molecular formula is C34H32N4. The SMILES string of the molecule is C1=NCCC(c2ccc(N3c4ccc(N(c5ccccc5)c5ccccc5)cc4C4CN=CCC43)cc2)C1. The van der Waals surface area contributed by atoms with Gasteiger partial charge in [0.15, 0.2) is 0 Å². The summed E-state index contributed by atoms with van der Waals surface area (Å²) >= 11 is 0. The number of benzene rings is 4. The minimum Gasteiger partial charge on any atom is -0.337 e. The number of para-hydroxylation sites is 2. The zero-order valence-electron chi connectivity index (χ0n) is 21.5. The van der Waals surface area contributed by atoms with Crippen LogP contribution in [0.1, 0.15) is 42.2 Å². The van der Waals surface area contributed by atoms with Gasteiger partial charge in [-0.25, -0.2) is 0 Å². The summed E-state index contributed by atoms with van der Waals surface area (Å²) in [6, 6.07) is 38.0. The molecule has 3 aliphatic rings. The van der Waals surface area contributed by atoms with Gasteiger partial charge in [-0.15, -0.1) is 0 Å². The second-order valence-corrected chi connectivity index (χ2v) is 10.5. The van der Waals surface area contributed by atoms with Crippen LogP contribution in [0.25, 0.3) is 0 Å². The lowest BCUT2D eigenvalue weighted by Crippen LogP contribution is -2.33. The van der Waals surface area contributed by atoms with E-state index in [0.717, 1.165) is 43.7 Å². The van der Waals surface area contributed by atoms with Crippen LogP contribution >= 0.6 is 0 Å². The van der Waals surface area contributed by atoms with Crippen LogP contribution in [-0.2, 0) is 0 Å². The van der Waals surface area contributed by atoms with Gasteiger partial charge in [-0.1, -0.05) is 48.5 Å². The highest BCUT2D eigenvalue weighted by Gasteiger charge is 2.40. The summed E-state index contributed by atoms with van der Waals surface area (Å²) in [6.07, 6.45) is 7.38. The van der Waals surface area contributed by atoms with Crippen LogP contribution in [0.4, 0.5) is 28.4 Å². The van der Waals surface area contributed by atoms with Crippen molar-refractivity contribution in [1.82, 2.24) is 0 Å². The van der Waals surface area contributed by atoms with Crippen molar-refractivity contribution in [3.63, 3.8) is 0 Å². The first-order valence-corrected chi connectivity index (χ1v) is 13.8. The Morgan fingerprint density at radius 3 is 2.08 bits per heavy atom. The Bertz CT molecular complexity index is 1420. The number of nitrogens with zero attached hydrogens (tertiary/aromatic N) is 4. The smallest absolute Gasteiger partial charge is 0.0478 e. The Balaban J connectivity index is 1.28. The lowest BCUT2D eigenvalue weighted by Gasteiger charge is -2.31. The molecule has 0 amide bonds. The number of aliphatic imine (C=N–C) groups is 2. The van der Waals surface area contributed by atoms with E-state index in [-0.39, 0.29) is 0 Å². The predicted molar refractivity (Wildman–Crippen MR) is 160 cm³/mol. The summed E-state index contributed by atoms with van der Waals surface area (Å²) in [7, 11) is 0. The number of rotatable bonds is 5. The molecule has 38 heavy (non-hydrogen) atoms. The number of fused-ring (bicyclic) bond motifs is 3. The minimum absolute atomic E-state index is 0.387. The molecule has 0 spiro atoms. The molecule has 0 aromatic heterocycles. The Labute approximate surface area is 225 Å². The number of hydrogen-bond acceptors (Lipinski definition) is 4. The van der Waals surface area contributed by atoms with E-state index in [1.807, 2.05) is 0 Å². The first-order valence-electron chi connectivity index (χ1n) is 13.8. The third-order valence-corrected chi connectivity index (χ3v) is 8.30. The van der Waals surface area contributed by atoms with Crippen molar-refractivity contribution in [2.45, 2.75) is 37.1 Å².